The van der Waals surface area contributed by atoms with Gasteiger partial charge in [-0.1, -0.05) is 19.1 Å². The van der Waals surface area contributed by atoms with Crippen LogP contribution in [-0.2, 0) is 14.6 Å². The van der Waals surface area contributed by atoms with E-state index in [-0.39, 0.29) is 28.6 Å². The largest absolute Gasteiger partial charge is 0.394 e. The normalized spacial score (nSPS) is 17.2. The van der Waals surface area contributed by atoms with Crippen LogP contribution in [0.1, 0.15) is 41.7 Å². The standard InChI is InChI=1S/C22H26F3N3O5S/c1-2-34(31,32)17-7-5-14(6-8-17)19(12-29)27-21(30)15-10-18(23)20(26-11-15)28-9-3-4-16(28)13-33-22(24)25/h5-8,10-11,16,19,22,29H,2-4,9,12-13H2,1H3,(H,27,30)/t16-,19-/m0/s1. The van der Waals surface area contributed by atoms with Crippen molar-refractivity contribution < 1.29 is 36.2 Å². The van der Waals surface area contributed by atoms with Gasteiger partial charge >= 0.3 is 6.61 Å². The second kappa shape index (κ2) is 11.2. The third kappa shape index (κ3) is 6.05. The van der Waals surface area contributed by atoms with Gasteiger partial charge in [0, 0.05) is 12.7 Å². The molecule has 0 unspecified atom stereocenters. The zero-order chi connectivity index (χ0) is 24.9. The molecule has 2 atom stereocenters. The number of benzene rings is 1. The lowest BCUT2D eigenvalue weighted by atomic mass is 10.1. The number of halogens is 3. The number of ether oxygens (including phenoxy) is 1. The molecule has 1 aromatic heterocycles. The molecule has 1 amide bonds. The van der Waals surface area contributed by atoms with Gasteiger partial charge < -0.3 is 20.1 Å². The Hall–Kier alpha value is -2.70. The van der Waals surface area contributed by atoms with Gasteiger partial charge in [-0.15, -0.1) is 0 Å². The SMILES string of the molecule is CCS(=O)(=O)c1ccc([C@H](CO)NC(=O)c2cnc(N3CCC[C@H]3COC(F)F)c(F)c2)cc1. The molecule has 2 aromatic rings. The van der Waals surface area contributed by atoms with Crippen molar-refractivity contribution >= 4 is 21.6 Å². The van der Waals surface area contributed by atoms with E-state index in [1.807, 2.05) is 0 Å². The van der Waals surface area contributed by atoms with Crippen LogP contribution in [0, 0.1) is 5.82 Å². The number of nitrogens with zero attached hydrogens (tertiary/aromatic N) is 2. The minimum absolute atomic E-state index is 0.0525. The molecule has 0 aliphatic carbocycles. The van der Waals surface area contributed by atoms with Crippen LogP contribution in [0.2, 0.25) is 0 Å². The molecule has 0 spiro atoms. The maximum atomic E-state index is 14.8. The molecular weight excluding hydrogens is 475 g/mol. The summed E-state index contributed by atoms with van der Waals surface area (Å²) in [4.78, 5) is 18.3. The Balaban J connectivity index is 1.71. The third-order valence-corrected chi connectivity index (χ3v) is 7.41. The predicted octanol–water partition coefficient (Wildman–Crippen LogP) is 2.69. The molecule has 1 aromatic carbocycles. The van der Waals surface area contributed by atoms with Gasteiger partial charge in [-0.2, -0.15) is 8.78 Å². The third-order valence-electron chi connectivity index (χ3n) is 5.66. The summed E-state index contributed by atoms with van der Waals surface area (Å²) < 4.78 is 67.8. The average molecular weight is 502 g/mol. The van der Waals surface area contributed by atoms with Crippen LogP contribution in [0.3, 0.4) is 0 Å². The van der Waals surface area contributed by atoms with Crippen molar-refractivity contribution in [2.24, 2.45) is 0 Å². The van der Waals surface area contributed by atoms with Gasteiger partial charge in [-0.3, -0.25) is 4.79 Å². The highest BCUT2D eigenvalue weighted by atomic mass is 32.2. The Bertz CT molecular complexity index is 1100. The lowest BCUT2D eigenvalue weighted by Gasteiger charge is -2.26. The first-order chi connectivity index (χ1) is 16.2. The van der Waals surface area contributed by atoms with Gasteiger partial charge in [0.05, 0.1) is 41.5 Å². The van der Waals surface area contributed by atoms with E-state index in [4.69, 9.17) is 0 Å². The Labute approximate surface area is 195 Å². The molecule has 3 rings (SSSR count). The monoisotopic (exact) mass is 501 g/mol. The Morgan fingerprint density at radius 2 is 2.03 bits per heavy atom. The summed E-state index contributed by atoms with van der Waals surface area (Å²) in [5.74, 6) is -1.59. The van der Waals surface area contributed by atoms with Crippen LogP contribution in [0.15, 0.2) is 41.4 Å². The van der Waals surface area contributed by atoms with Gasteiger partial charge in [-0.05, 0) is 36.6 Å². The summed E-state index contributed by atoms with van der Waals surface area (Å²) >= 11 is 0. The van der Waals surface area contributed by atoms with Crippen molar-refractivity contribution in [1.29, 1.82) is 0 Å². The first-order valence-corrected chi connectivity index (χ1v) is 12.4. The first kappa shape index (κ1) is 25.9. The maximum absolute atomic E-state index is 14.8. The van der Waals surface area contributed by atoms with Crippen molar-refractivity contribution in [1.82, 2.24) is 10.3 Å². The number of hydrogen-bond acceptors (Lipinski definition) is 7. The summed E-state index contributed by atoms with van der Waals surface area (Å²) in [6, 6.07) is 5.44. The van der Waals surface area contributed by atoms with Crippen LogP contribution in [0.4, 0.5) is 19.0 Å². The van der Waals surface area contributed by atoms with E-state index in [9.17, 15) is 31.5 Å². The Morgan fingerprint density at radius 1 is 1.32 bits per heavy atom. The van der Waals surface area contributed by atoms with Crippen LogP contribution < -0.4 is 10.2 Å². The molecule has 186 valence electrons. The van der Waals surface area contributed by atoms with E-state index in [1.165, 1.54) is 37.4 Å². The van der Waals surface area contributed by atoms with E-state index in [0.29, 0.717) is 24.9 Å². The van der Waals surface area contributed by atoms with Crippen LogP contribution >= 0.6 is 0 Å². The van der Waals surface area contributed by atoms with Crippen molar-refractivity contribution in [3.63, 3.8) is 0 Å². The zero-order valence-electron chi connectivity index (χ0n) is 18.5. The number of pyridine rings is 1. The highest BCUT2D eigenvalue weighted by Gasteiger charge is 2.29. The minimum Gasteiger partial charge on any atom is -0.394 e. The molecule has 1 aliphatic rings. The fraction of sp³-hybridized carbons (Fsp3) is 0.455. The minimum atomic E-state index is -3.39. The van der Waals surface area contributed by atoms with Crippen molar-refractivity contribution in [3.8, 4) is 0 Å². The molecule has 2 N–H and O–H groups in total. The number of nitrogens with one attached hydrogen (secondary N) is 1. The second-order valence-corrected chi connectivity index (χ2v) is 10.1. The zero-order valence-corrected chi connectivity index (χ0v) is 19.3. The number of hydrogen-bond donors (Lipinski definition) is 2. The molecule has 0 radical (unpaired) electrons. The highest BCUT2D eigenvalue weighted by molar-refractivity contribution is 7.91. The number of aliphatic hydroxyl groups excluding tert-OH is 1. The number of sulfone groups is 1. The Morgan fingerprint density at radius 3 is 2.62 bits per heavy atom. The number of alkyl halides is 2. The lowest BCUT2D eigenvalue weighted by molar-refractivity contribution is -0.131. The van der Waals surface area contributed by atoms with E-state index >= 15 is 0 Å². The van der Waals surface area contributed by atoms with Crippen molar-refractivity contribution in [2.75, 3.05) is 30.4 Å². The fourth-order valence-electron chi connectivity index (χ4n) is 3.79. The van der Waals surface area contributed by atoms with Crippen molar-refractivity contribution in [2.45, 2.75) is 43.4 Å². The molecule has 2 heterocycles. The number of carbonyl (C=O) groups excluding carboxylic acids is 1. The molecule has 12 heteroatoms. The van der Waals surface area contributed by atoms with Gasteiger partial charge in [0.25, 0.3) is 5.91 Å². The van der Waals surface area contributed by atoms with Crippen LogP contribution in [0.25, 0.3) is 0 Å². The molecule has 1 saturated heterocycles. The smallest absolute Gasteiger partial charge is 0.345 e. The highest BCUT2D eigenvalue weighted by Crippen LogP contribution is 2.27. The number of aliphatic hydroxyl groups is 1. The van der Waals surface area contributed by atoms with Gasteiger partial charge in [0.15, 0.2) is 21.5 Å². The van der Waals surface area contributed by atoms with E-state index in [0.717, 1.165) is 6.07 Å². The molecule has 0 bridgehead atoms. The Kier molecular flexibility index (Phi) is 8.50. The quantitative estimate of drug-likeness (QED) is 0.515. The van der Waals surface area contributed by atoms with E-state index < -0.39 is 46.9 Å². The summed E-state index contributed by atoms with van der Waals surface area (Å²) in [5, 5.41) is 12.3. The van der Waals surface area contributed by atoms with Crippen LogP contribution in [0.5, 0.6) is 0 Å². The average Bonchev–Trinajstić information content (AvgIpc) is 3.29. The van der Waals surface area contributed by atoms with Crippen LogP contribution in [-0.4, -0.2) is 62.6 Å². The lowest BCUT2D eigenvalue weighted by Crippen LogP contribution is -2.35. The molecule has 0 saturated carbocycles. The summed E-state index contributed by atoms with van der Waals surface area (Å²) in [6.45, 7) is -1.71. The molecular formula is C22H26F3N3O5S. The number of anilines is 1. The van der Waals surface area contributed by atoms with E-state index in [2.05, 4.69) is 15.0 Å². The fourth-order valence-corrected chi connectivity index (χ4v) is 4.67. The number of amides is 1. The number of aromatic nitrogens is 1. The number of carbonyl (C=O) groups is 1. The van der Waals surface area contributed by atoms with Gasteiger partial charge in [-0.25, -0.2) is 17.8 Å². The predicted molar refractivity (Wildman–Crippen MR) is 118 cm³/mol. The second-order valence-electron chi connectivity index (χ2n) is 7.79. The first-order valence-electron chi connectivity index (χ1n) is 10.7. The summed E-state index contributed by atoms with van der Waals surface area (Å²) in [7, 11) is -3.39. The maximum Gasteiger partial charge on any atom is 0.345 e. The van der Waals surface area contributed by atoms with Gasteiger partial charge in [0.1, 0.15) is 0 Å². The number of rotatable bonds is 10. The van der Waals surface area contributed by atoms with Gasteiger partial charge in [0.2, 0.25) is 0 Å². The summed E-state index contributed by atoms with van der Waals surface area (Å²) in [6.07, 6.45) is 2.38. The van der Waals surface area contributed by atoms with Crippen molar-refractivity contribution in [3.05, 3.63) is 53.5 Å². The molecule has 1 fully saturated rings. The summed E-state index contributed by atoms with van der Waals surface area (Å²) in [5.41, 5.74) is 0.374. The molecule has 8 nitrogen and oxygen atoms in total. The van der Waals surface area contributed by atoms with E-state index in [1.54, 1.807) is 4.90 Å². The molecule has 1 aliphatic heterocycles. The molecule has 34 heavy (non-hydrogen) atoms. The topological polar surface area (TPSA) is 109 Å².